The molecule has 1 aromatic heterocycles. The lowest BCUT2D eigenvalue weighted by Gasteiger charge is -2.29. The molecule has 1 aromatic carbocycles. The highest BCUT2D eigenvalue weighted by Gasteiger charge is 2.25. The summed E-state index contributed by atoms with van der Waals surface area (Å²) in [5.74, 6) is 2.33. The Bertz CT molecular complexity index is 605. The van der Waals surface area contributed by atoms with Gasteiger partial charge in [-0.15, -0.1) is 11.8 Å². The van der Waals surface area contributed by atoms with E-state index in [2.05, 4.69) is 11.1 Å². The summed E-state index contributed by atoms with van der Waals surface area (Å²) in [6.07, 6.45) is 2.47. The maximum absolute atomic E-state index is 6.29. The number of fused-ring (bicyclic) bond motifs is 1. The van der Waals surface area contributed by atoms with Crippen LogP contribution in [-0.2, 0) is 6.42 Å². The van der Waals surface area contributed by atoms with Gasteiger partial charge in [0, 0.05) is 22.9 Å². The molecular formula is C15H17N3OS. The number of hydrogen-bond acceptors (Lipinski definition) is 5. The van der Waals surface area contributed by atoms with E-state index in [-0.39, 0.29) is 12.1 Å². The number of pyridine rings is 1. The third-order valence-corrected chi connectivity index (χ3v) is 4.47. The van der Waals surface area contributed by atoms with Crippen molar-refractivity contribution in [3.05, 3.63) is 48.2 Å². The summed E-state index contributed by atoms with van der Waals surface area (Å²) >= 11 is 1.80. The summed E-state index contributed by atoms with van der Waals surface area (Å²) in [7, 11) is 0. The summed E-state index contributed by atoms with van der Waals surface area (Å²) in [4.78, 5) is 5.18. The normalized spacial score (nSPS) is 18.9. The summed E-state index contributed by atoms with van der Waals surface area (Å²) in [5.41, 5.74) is 13.1. The molecule has 2 heterocycles. The molecule has 4 nitrogen and oxygen atoms in total. The minimum atomic E-state index is -0.0577. The molecule has 2 atom stereocenters. The fourth-order valence-electron chi connectivity index (χ4n) is 2.27. The highest BCUT2D eigenvalue weighted by atomic mass is 32.2. The van der Waals surface area contributed by atoms with E-state index in [0.29, 0.717) is 5.82 Å². The number of ether oxygens (including phenoxy) is 1. The maximum atomic E-state index is 6.29. The smallest absolute Gasteiger partial charge is 0.133 e. The topological polar surface area (TPSA) is 74.2 Å². The number of nitrogens with two attached hydrogens (primary N) is 2. The lowest BCUT2D eigenvalue weighted by atomic mass is 10.0. The molecule has 2 unspecified atom stereocenters. The molecule has 0 fully saturated rings. The van der Waals surface area contributed by atoms with Crippen molar-refractivity contribution in [1.29, 1.82) is 0 Å². The van der Waals surface area contributed by atoms with Crippen LogP contribution in [0.15, 0.2) is 47.5 Å². The first-order valence-electron chi connectivity index (χ1n) is 6.57. The number of anilines is 1. The van der Waals surface area contributed by atoms with Gasteiger partial charge < -0.3 is 16.2 Å². The molecule has 0 amide bonds. The van der Waals surface area contributed by atoms with Gasteiger partial charge in [-0.1, -0.05) is 12.1 Å². The van der Waals surface area contributed by atoms with E-state index >= 15 is 0 Å². The molecule has 104 valence electrons. The largest absolute Gasteiger partial charge is 0.487 e. The second-order valence-electron chi connectivity index (χ2n) is 4.87. The molecule has 0 bridgehead atoms. The predicted octanol–water partition coefficient (Wildman–Crippen LogP) is 2.09. The van der Waals surface area contributed by atoms with Crippen LogP contribution < -0.4 is 16.2 Å². The van der Waals surface area contributed by atoms with E-state index in [1.54, 1.807) is 18.0 Å². The van der Waals surface area contributed by atoms with Gasteiger partial charge in [0.1, 0.15) is 17.7 Å². The highest BCUT2D eigenvalue weighted by molar-refractivity contribution is 7.99. The van der Waals surface area contributed by atoms with E-state index in [1.165, 1.54) is 4.90 Å². The van der Waals surface area contributed by atoms with Gasteiger partial charge in [-0.3, -0.25) is 0 Å². The lowest BCUT2D eigenvalue weighted by Crippen LogP contribution is -2.43. The summed E-state index contributed by atoms with van der Waals surface area (Å²) < 4.78 is 6.00. The van der Waals surface area contributed by atoms with Gasteiger partial charge in [0.05, 0.1) is 0 Å². The van der Waals surface area contributed by atoms with Gasteiger partial charge in [-0.25, -0.2) is 4.98 Å². The average Bonchev–Trinajstić information content (AvgIpc) is 2.47. The zero-order valence-electron chi connectivity index (χ0n) is 11.0. The first-order chi connectivity index (χ1) is 9.72. The van der Waals surface area contributed by atoms with Crippen LogP contribution in [0.25, 0.3) is 0 Å². The standard InChI is InChI=1S/C15H17N3OS/c16-11(7-10-5-6-18-15(17)8-10)13-9-20-14-4-2-1-3-12(14)19-13/h1-6,8,11,13H,7,9,16H2,(H2,17,18). The Morgan fingerprint density at radius 1 is 1.35 bits per heavy atom. The zero-order valence-corrected chi connectivity index (χ0v) is 11.8. The number of hydrogen-bond donors (Lipinski definition) is 2. The molecule has 1 aliphatic heterocycles. The van der Waals surface area contributed by atoms with Crippen LogP contribution in [0.2, 0.25) is 0 Å². The lowest BCUT2D eigenvalue weighted by molar-refractivity contribution is 0.184. The Balaban J connectivity index is 1.68. The molecule has 5 heteroatoms. The van der Waals surface area contributed by atoms with Gasteiger partial charge in [-0.2, -0.15) is 0 Å². The second kappa shape index (κ2) is 5.73. The number of benzene rings is 1. The van der Waals surface area contributed by atoms with Crippen molar-refractivity contribution in [3.8, 4) is 5.75 Å². The average molecular weight is 287 g/mol. The molecule has 0 saturated carbocycles. The van der Waals surface area contributed by atoms with E-state index in [1.807, 2.05) is 30.3 Å². The number of thioether (sulfide) groups is 1. The number of aromatic nitrogens is 1. The van der Waals surface area contributed by atoms with Crippen LogP contribution in [0, 0.1) is 0 Å². The summed E-state index contributed by atoms with van der Waals surface area (Å²) in [5, 5.41) is 0. The first kappa shape index (κ1) is 13.3. The van der Waals surface area contributed by atoms with Gasteiger partial charge in [-0.05, 0) is 36.2 Å². The molecular weight excluding hydrogens is 270 g/mol. The van der Waals surface area contributed by atoms with Crippen molar-refractivity contribution in [2.24, 2.45) is 5.73 Å². The number of nitrogens with zero attached hydrogens (tertiary/aromatic N) is 1. The van der Waals surface area contributed by atoms with Crippen LogP contribution in [0.5, 0.6) is 5.75 Å². The number of nitrogen functional groups attached to an aromatic ring is 1. The second-order valence-corrected chi connectivity index (χ2v) is 5.93. The Kier molecular flexibility index (Phi) is 3.80. The Hall–Kier alpha value is -1.72. The molecule has 3 rings (SSSR count). The van der Waals surface area contributed by atoms with Gasteiger partial charge in [0.2, 0.25) is 0 Å². The maximum Gasteiger partial charge on any atom is 0.133 e. The van der Waals surface area contributed by atoms with E-state index in [4.69, 9.17) is 16.2 Å². The molecule has 4 N–H and O–H groups in total. The third kappa shape index (κ3) is 2.89. The Labute approximate surface area is 122 Å². The van der Waals surface area contributed by atoms with Crippen molar-refractivity contribution in [2.45, 2.75) is 23.5 Å². The minimum absolute atomic E-state index is 0.0179. The van der Waals surface area contributed by atoms with Crippen LogP contribution in [-0.4, -0.2) is 22.9 Å². The van der Waals surface area contributed by atoms with Crippen molar-refractivity contribution in [2.75, 3.05) is 11.5 Å². The van der Waals surface area contributed by atoms with Gasteiger partial charge >= 0.3 is 0 Å². The Morgan fingerprint density at radius 3 is 3.05 bits per heavy atom. The summed E-state index contributed by atoms with van der Waals surface area (Å²) in [6, 6.07) is 11.8. The quantitative estimate of drug-likeness (QED) is 0.904. The molecule has 0 saturated heterocycles. The van der Waals surface area contributed by atoms with Crippen molar-refractivity contribution >= 4 is 17.6 Å². The molecule has 20 heavy (non-hydrogen) atoms. The van der Waals surface area contributed by atoms with Crippen molar-refractivity contribution in [3.63, 3.8) is 0 Å². The fourth-order valence-corrected chi connectivity index (χ4v) is 3.36. The molecule has 0 radical (unpaired) electrons. The van der Waals surface area contributed by atoms with Gasteiger partial charge in [0.25, 0.3) is 0 Å². The predicted molar refractivity (Wildman–Crippen MR) is 81.9 cm³/mol. The molecule has 0 spiro atoms. The number of para-hydroxylation sites is 1. The Morgan fingerprint density at radius 2 is 2.20 bits per heavy atom. The zero-order chi connectivity index (χ0) is 13.9. The van der Waals surface area contributed by atoms with Crippen LogP contribution >= 0.6 is 11.8 Å². The molecule has 2 aromatic rings. The summed E-state index contributed by atoms with van der Waals surface area (Å²) in [6.45, 7) is 0. The third-order valence-electron chi connectivity index (χ3n) is 3.33. The van der Waals surface area contributed by atoms with E-state index in [9.17, 15) is 0 Å². The molecule has 1 aliphatic rings. The van der Waals surface area contributed by atoms with E-state index < -0.39 is 0 Å². The van der Waals surface area contributed by atoms with Gasteiger partial charge in [0.15, 0.2) is 0 Å². The monoisotopic (exact) mass is 287 g/mol. The van der Waals surface area contributed by atoms with Crippen LogP contribution in [0.4, 0.5) is 5.82 Å². The van der Waals surface area contributed by atoms with Crippen LogP contribution in [0.3, 0.4) is 0 Å². The number of rotatable bonds is 3. The molecule has 0 aliphatic carbocycles. The highest BCUT2D eigenvalue weighted by Crippen LogP contribution is 2.35. The minimum Gasteiger partial charge on any atom is -0.487 e. The van der Waals surface area contributed by atoms with Crippen molar-refractivity contribution < 1.29 is 4.74 Å². The van der Waals surface area contributed by atoms with Crippen molar-refractivity contribution in [1.82, 2.24) is 4.98 Å². The first-order valence-corrected chi connectivity index (χ1v) is 7.55. The van der Waals surface area contributed by atoms with E-state index in [0.717, 1.165) is 23.5 Å². The SMILES string of the molecule is Nc1cc(CC(N)C2CSc3ccccc3O2)ccn1. The fraction of sp³-hybridized carbons (Fsp3) is 0.267. The van der Waals surface area contributed by atoms with Crippen LogP contribution in [0.1, 0.15) is 5.56 Å².